The van der Waals surface area contributed by atoms with E-state index in [4.69, 9.17) is 4.74 Å². The fraction of sp³-hybridized carbons (Fsp3) is 0.350. The average molecular weight is 311 g/mol. The van der Waals surface area contributed by atoms with Gasteiger partial charge < -0.3 is 10.1 Å². The van der Waals surface area contributed by atoms with Crippen molar-refractivity contribution < 1.29 is 9.53 Å². The molecule has 0 fully saturated rings. The van der Waals surface area contributed by atoms with Crippen LogP contribution in [0.15, 0.2) is 48.5 Å². The van der Waals surface area contributed by atoms with E-state index >= 15 is 0 Å². The molecule has 1 N–H and O–H groups in total. The summed E-state index contributed by atoms with van der Waals surface area (Å²) in [5, 5.41) is 3.05. The SMILES string of the molecule is COc1ccc(C(C)(C)CNC(=O)Cc2cccc(C)c2)cc1. The topological polar surface area (TPSA) is 38.3 Å². The first-order chi connectivity index (χ1) is 10.9. The first-order valence-corrected chi connectivity index (χ1v) is 7.87. The highest BCUT2D eigenvalue weighted by Crippen LogP contribution is 2.24. The third-order valence-corrected chi connectivity index (χ3v) is 4.05. The molecule has 2 aromatic carbocycles. The number of amides is 1. The van der Waals surface area contributed by atoms with Crippen molar-refractivity contribution in [2.45, 2.75) is 32.6 Å². The van der Waals surface area contributed by atoms with Gasteiger partial charge in [-0.3, -0.25) is 4.79 Å². The molecule has 0 saturated carbocycles. The molecule has 2 aromatic rings. The zero-order valence-corrected chi connectivity index (χ0v) is 14.3. The van der Waals surface area contributed by atoms with Gasteiger partial charge in [-0.15, -0.1) is 0 Å². The predicted molar refractivity (Wildman–Crippen MR) is 93.9 cm³/mol. The van der Waals surface area contributed by atoms with Gasteiger partial charge >= 0.3 is 0 Å². The van der Waals surface area contributed by atoms with Crippen molar-refractivity contribution in [2.75, 3.05) is 13.7 Å². The standard InChI is InChI=1S/C20H25NO2/c1-15-6-5-7-16(12-15)13-19(22)21-14-20(2,3)17-8-10-18(23-4)11-9-17/h5-12H,13-14H2,1-4H3,(H,21,22). The van der Waals surface area contributed by atoms with E-state index in [9.17, 15) is 4.79 Å². The molecule has 2 rings (SSSR count). The Morgan fingerprint density at radius 3 is 2.43 bits per heavy atom. The number of nitrogens with one attached hydrogen (secondary N) is 1. The van der Waals surface area contributed by atoms with Crippen LogP contribution in [-0.4, -0.2) is 19.6 Å². The third kappa shape index (κ3) is 4.85. The summed E-state index contributed by atoms with van der Waals surface area (Å²) in [6.07, 6.45) is 0.417. The predicted octanol–water partition coefficient (Wildman–Crippen LogP) is 3.64. The highest BCUT2D eigenvalue weighted by molar-refractivity contribution is 5.78. The van der Waals surface area contributed by atoms with Crippen LogP contribution in [0.3, 0.4) is 0 Å². The molecular formula is C20H25NO2. The van der Waals surface area contributed by atoms with Crippen LogP contribution in [0.2, 0.25) is 0 Å². The molecule has 0 aliphatic heterocycles. The summed E-state index contributed by atoms with van der Waals surface area (Å²) in [5.41, 5.74) is 3.27. The lowest BCUT2D eigenvalue weighted by atomic mass is 9.84. The van der Waals surface area contributed by atoms with E-state index in [-0.39, 0.29) is 11.3 Å². The highest BCUT2D eigenvalue weighted by atomic mass is 16.5. The molecule has 1 amide bonds. The zero-order valence-electron chi connectivity index (χ0n) is 14.3. The number of ether oxygens (including phenoxy) is 1. The molecule has 3 nitrogen and oxygen atoms in total. The van der Waals surface area contributed by atoms with E-state index in [1.807, 2.05) is 55.5 Å². The molecule has 0 atom stereocenters. The molecule has 0 spiro atoms. The maximum atomic E-state index is 12.2. The summed E-state index contributed by atoms with van der Waals surface area (Å²) in [4.78, 5) is 12.2. The Morgan fingerprint density at radius 2 is 1.83 bits per heavy atom. The molecule has 0 heterocycles. The number of carbonyl (C=O) groups is 1. The summed E-state index contributed by atoms with van der Waals surface area (Å²) < 4.78 is 5.19. The van der Waals surface area contributed by atoms with Gasteiger partial charge in [0.15, 0.2) is 0 Å². The summed E-state index contributed by atoms with van der Waals surface area (Å²) in [7, 11) is 1.66. The van der Waals surface area contributed by atoms with Gasteiger partial charge in [0.05, 0.1) is 13.5 Å². The fourth-order valence-corrected chi connectivity index (χ4v) is 2.53. The minimum atomic E-state index is -0.130. The van der Waals surface area contributed by atoms with Crippen LogP contribution in [0.5, 0.6) is 5.75 Å². The molecule has 0 unspecified atom stereocenters. The Labute approximate surface area is 138 Å². The van der Waals surface area contributed by atoms with Gasteiger partial charge in [0.25, 0.3) is 0 Å². The quantitative estimate of drug-likeness (QED) is 0.884. The Balaban J connectivity index is 1.93. The van der Waals surface area contributed by atoms with Crippen molar-refractivity contribution in [1.82, 2.24) is 5.32 Å². The third-order valence-electron chi connectivity index (χ3n) is 4.05. The van der Waals surface area contributed by atoms with Crippen molar-refractivity contribution in [3.63, 3.8) is 0 Å². The number of benzene rings is 2. The van der Waals surface area contributed by atoms with Crippen LogP contribution in [0, 0.1) is 6.92 Å². The van der Waals surface area contributed by atoms with E-state index in [1.165, 1.54) is 11.1 Å². The zero-order chi connectivity index (χ0) is 16.9. The van der Waals surface area contributed by atoms with Crippen LogP contribution in [0.4, 0.5) is 0 Å². The summed E-state index contributed by atoms with van der Waals surface area (Å²) in [6.45, 7) is 6.89. The summed E-state index contributed by atoms with van der Waals surface area (Å²) >= 11 is 0. The fourth-order valence-electron chi connectivity index (χ4n) is 2.53. The number of carbonyl (C=O) groups excluding carboxylic acids is 1. The molecule has 0 bridgehead atoms. The van der Waals surface area contributed by atoms with E-state index in [0.29, 0.717) is 13.0 Å². The van der Waals surface area contributed by atoms with Crippen molar-refractivity contribution in [3.05, 3.63) is 65.2 Å². The van der Waals surface area contributed by atoms with Crippen LogP contribution < -0.4 is 10.1 Å². The maximum Gasteiger partial charge on any atom is 0.224 e. The minimum Gasteiger partial charge on any atom is -0.497 e. The Kier molecular flexibility index (Phi) is 5.43. The first kappa shape index (κ1) is 17.1. The van der Waals surface area contributed by atoms with Crippen molar-refractivity contribution in [3.8, 4) is 5.75 Å². The molecule has 0 aliphatic carbocycles. The van der Waals surface area contributed by atoms with Crippen molar-refractivity contribution in [1.29, 1.82) is 0 Å². The lowest BCUT2D eigenvalue weighted by molar-refractivity contribution is -0.120. The molecule has 0 saturated heterocycles. The average Bonchev–Trinajstić information content (AvgIpc) is 2.53. The van der Waals surface area contributed by atoms with Gasteiger partial charge in [0.1, 0.15) is 5.75 Å². The number of hydrogen-bond donors (Lipinski definition) is 1. The van der Waals surface area contributed by atoms with Gasteiger partial charge in [-0.25, -0.2) is 0 Å². The van der Waals surface area contributed by atoms with Gasteiger partial charge in [-0.2, -0.15) is 0 Å². The molecular weight excluding hydrogens is 286 g/mol. The van der Waals surface area contributed by atoms with Gasteiger partial charge in [0.2, 0.25) is 5.91 Å². The molecule has 122 valence electrons. The summed E-state index contributed by atoms with van der Waals surface area (Å²) in [6, 6.07) is 16.1. The second kappa shape index (κ2) is 7.32. The van der Waals surface area contributed by atoms with Gasteiger partial charge in [-0.05, 0) is 30.2 Å². The minimum absolute atomic E-state index is 0.0530. The largest absolute Gasteiger partial charge is 0.497 e. The molecule has 0 aliphatic rings. The Hall–Kier alpha value is -2.29. The second-order valence-electron chi connectivity index (χ2n) is 6.55. The van der Waals surface area contributed by atoms with Gasteiger partial charge in [-0.1, -0.05) is 55.8 Å². The molecule has 23 heavy (non-hydrogen) atoms. The van der Waals surface area contributed by atoms with Gasteiger partial charge in [0, 0.05) is 12.0 Å². The maximum absolute atomic E-state index is 12.2. The lowest BCUT2D eigenvalue weighted by Crippen LogP contribution is -2.37. The number of methoxy groups -OCH3 is 1. The van der Waals surface area contributed by atoms with E-state index < -0.39 is 0 Å². The van der Waals surface area contributed by atoms with E-state index in [1.54, 1.807) is 7.11 Å². The van der Waals surface area contributed by atoms with Crippen molar-refractivity contribution >= 4 is 5.91 Å². The molecule has 0 radical (unpaired) electrons. The second-order valence-corrected chi connectivity index (χ2v) is 6.55. The Morgan fingerprint density at radius 1 is 1.13 bits per heavy atom. The number of aryl methyl sites for hydroxylation is 1. The lowest BCUT2D eigenvalue weighted by Gasteiger charge is -2.26. The van der Waals surface area contributed by atoms with Crippen LogP contribution in [0.25, 0.3) is 0 Å². The molecule has 3 heteroatoms. The Bertz CT molecular complexity index is 660. The van der Waals surface area contributed by atoms with E-state index in [2.05, 4.69) is 19.2 Å². The van der Waals surface area contributed by atoms with Crippen LogP contribution in [-0.2, 0) is 16.6 Å². The smallest absolute Gasteiger partial charge is 0.224 e. The van der Waals surface area contributed by atoms with Crippen LogP contribution >= 0.6 is 0 Å². The molecule has 0 aromatic heterocycles. The number of rotatable bonds is 6. The monoisotopic (exact) mass is 311 g/mol. The van der Waals surface area contributed by atoms with Crippen molar-refractivity contribution in [2.24, 2.45) is 0 Å². The highest BCUT2D eigenvalue weighted by Gasteiger charge is 2.21. The summed E-state index contributed by atoms with van der Waals surface area (Å²) in [5.74, 6) is 0.894. The van der Waals surface area contributed by atoms with Crippen LogP contribution in [0.1, 0.15) is 30.5 Å². The van der Waals surface area contributed by atoms with E-state index in [0.717, 1.165) is 11.3 Å². The number of hydrogen-bond acceptors (Lipinski definition) is 2. The first-order valence-electron chi connectivity index (χ1n) is 7.87. The normalized spacial score (nSPS) is 11.1.